The number of ether oxygens (including phenoxy) is 3. The molecule has 0 bridgehead atoms. The first kappa shape index (κ1) is 19.1. The maximum Gasteiger partial charge on any atom is 0.313 e. The fraction of sp³-hybridized carbons (Fsp3) is 0.263. The number of anilines is 1. The van der Waals surface area contributed by atoms with E-state index in [1.54, 1.807) is 44.4 Å². The van der Waals surface area contributed by atoms with Crippen LogP contribution in [0.25, 0.3) is 0 Å². The number of carbonyl (C=O) groups excluding carboxylic acids is 2. The highest BCUT2D eigenvalue weighted by molar-refractivity contribution is 6.39. The molecule has 0 aromatic heterocycles. The highest BCUT2D eigenvalue weighted by Gasteiger charge is 2.19. The number of carbonyl (C=O) groups is 2. The fourth-order valence-electron chi connectivity index (χ4n) is 2.32. The van der Waals surface area contributed by atoms with Gasteiger partial charge in [-0.1, -0.05) is 12.1 Å². The summed E-state index contributed by atoms with van der Waals surface area (Å²) in [5.41, 5.74) is 1.24. The van der Waals surface area contributed by atoms with Crippen molar-refractivity contribution < 1.29 is 23.8 Å². The largest absolute Gasteiger partial charge is 0.497 e. The van der Waals surface area contributed by atoms with E-state index in [0.717, 1.165) is 11.3 Å². The summed E-state index contributed by atoms with van der Waals surface area (Å²) in [6, 6.07) is 11.8. The van der Waals surface area contributed by atoms with Crippen molar-refractivity contribution in [2.75, 3.05) is 26.6 Å². The Hall–Kier alpha value is -3.22. The highest BCUT2D eigenvalue weighted by atomic mass is 16.5. The summed E-state index contributed by atoms with van der Waals surface area (Å²) in [4.78, 5) is 24.3. The summed E-state index contributed by atoms with van der Waals surface area (Å²) in [6.07, 6.45) is 0. The number of benzene rings is 2. The molecule has 26 heavy (non-hydrogen) atoms. The second kappa shape index (κ2) is 8.75. The van der Waals surface area contributed by atoms with Gasteiger partial charge >= 0.3 is 11.8 Å². The van der Waals surface area contributed by atoms with Gasteiger partial charge in [0, 0.05) is 6.07 Å². The molecule has 0 fully saturated rings. The fourth-order valence-corrected chi connectivity index (χ4v) is 2.32. The molecule has 1 atom stereocenters. The number of methoxy groups -OCH3 is 3. The first-order valence-corrected chi connectivity index (χ1v) is 7.96. The Morgan fingerprint density at radius 2 is 1.46 bits per heavy atom. The zero-order valence-corrected chi connectivity index (χ0v) is 15.2. The number of amides is 2. The van der Waals surface area contributed by atoms with Gasteiger partial charge in [0.1, 0.15) is 17.2 Å². The van der Waals surface area contributed by atoms with Crippen molar-refractivity contribution in [3.63, 3.8) is 0 Å². The summed E-state index contributed by atoms with van der Waals surface area (Å²) in [5, 5.41) is 5.19. The maximum absolute atomic E-state index is 12.2. The second-order valence-electron chi connectivity index (χ2n) is 5.49. The minimum Gasteiger partial charge on any atom is -0.497 e. The number of hydrogen-bond acceptors (Lipinski definition) is 5. The molecule has 2 N–H and O–H groups in total. The molecule has 0 radical (unpaired) electrons. The van der Waals surface area contributed by atoms with Crippen molar-refractivity contribution in [1.29, 1.82) is 0 Å². The van der Waals surface area contributed by atoms with E-state index in [4.69, 9.17) is 14.2 Å². The molecule has 2 aromatic rings. The first-order chi connectivity index (χ1) is 12.5. The zero-order chi connectivity index (χ0) is 19.1. The van der Waals surface area contributed by atoms with Crippen LogP contribution in [-0.4, -0.2) is 33.1 Å². The van der Waals surface area contributed by atoms with Crippen molar-refractivity contribution in [1.82, 2.24) is 5.32 Å². The van der Waals surface area contributed by atoms with Crippen LogP contribution in [0.3, 0.4) is 0 Å². The number of hydrogen-bond donors (Lipinski definition) is 2. The molecular weight excluding hydrogens is 336 g/mol. The van der Waals surface area contributed by atoms with Gasteiger partial charge < -0.3 is 24.8 Å². The Bertz CT molecular complexity index is 774. The van der Waals surface area contributed by atoms with E-state index in [1.165, 1.54) is 14.2 Å². The third kappa shape index (κ3) is 4.66. The Balaban J connectivity index is 2.01. The SMILES string of the molecule is COc1ccc([C@H](C)NC(=O)C(=O)Nc2ccc(OC)cc2OC)cc1. The second-order valence-corrected chi connectivity index (χ2v) is 5.49. The van der Waals surface area contributed by atoms with Crippen molar-refractivity contribution in [2.24, 2.45) is 0 Å². The third-order valence-electron chi connectivity index (χ3n) is 3.83. The molecule has 2 aromatic carbocycles. The molecule has 7 heteroatoms. The van der Waals surface area contributed by atoms with Crippen molar-refractivity contribution >= 4 is 17.5 Å². The Kier molecular flexibility index (Phi) is 6.43. The van der Waals surface area contributed by atoms with Gasteiger partial charge in [-0.25, -0.2) is 0 Å². The average Bonchev–Trinajstić information content (AvgIpc) is 2.68. The van der Waals surface area contributed by atoms with Crippen molar-refractivity contribution in [3.8, 4) is 17.2 Å². The minimum atomic E-state index is -0.783. The van der Waals surface area contributed by atoms with Gasteiger partial charge in [0.2, 0.25) is 0 Å². The third-order valence-corrected chi connectivity index (χ3v) is 3.83. The quantitative estimate of drug-likeness (QED) is 0.775. The molecular formula is C19H22N2O5. The van der Waals surface area contributed by atoms with Crippen molar-refractivity contribution in [2.45, 2.75) is 13.0 Å². The Labute approximate surface area is 152 Å². The predicted octanol–water partition coefficient (Wildman–Crippen LogP) is 2.53. The lowest BCUT2D eigenvalue weighted by atomic mass is 10.1. The molecule has 0 saturated heterocycles. The predicted molar refractivity (Wildman–Crippen MR) is 97.7 cm³/mol. The molecule has 138 valence electrons. The van der Waals surface area contributed by atoms with E-state index in [9.17, 15) is 9.59 Å². The van der Waals surface area contributed by atoms with Gasteiger partial charge in [-0.05, 0) is 36.8 Å². The van der Waals surface area contributed by atoms with E-state index in [1.807, 2.05) is 12.1 Å². The molecule has 0 aliphatic carbocycles. The summed E-state index contributed by atoms with van der Waals surface area (Å²) in [6.45, 7) is 1.79. The van der Waals surface area contributed by atoms with Gasteiger partial charge in [-0.3, -0.25) is 9.59 Å². The van der Waals surface area contributed by atoms with Crippen LogP contribution >= 0.6 is 0 Å². The van der Waals surface area contributed by atoms with Gasteiger partial charge in [0.25, 0.3) is 0 Å². The lowest BCUT2D eigenvalue weighted by Crippen LogP contribution is -2.37. The lowest BCUT2D eigenvalue weighted by Gasteiger charge is -2.15. The van der Waals surface area contributed by atoms with Gasteiger partial charge in [0.05, 0.1) is 33.1 Å². The highest BCUT2D eigenvalue weighted by Crippen LogP contribution is 2.29. The summed E-state index contributed by atoms with van der Waals surface area (Å²) < 4.78 is 15.4. The molecule has 7 nitrogen and oxygen atoms in total. The van der Waals surface area contributed by atoms with Gasteiger partial charge in [-0.2, -0.15) is 0 Å². The molecule has 0 aliphatic rings. The van der Waals surface area contributed by atoms with Crippen molar-refractivity contribution in [3.05, 3.63) is 48.0 Å². The van der Waals surface area contributed by atoms with Crippen LogP contribution in [0.15, 0.2) is 42.5 Å². The molecule has 2 amide bonds. The normalized spacial score (nSPS) is 11.2. The minimum absolute atomic E-state index is 0.336. The Morgan fingerprint density at radius 3 is 2.04 bits per heavy atom. The van der Waals surface area contributed by atoms with Crippen LogP contribution in [0, 0.1) is 0 Å². The molecule has 0 aliphatic heterocycles. The molecule has 0 heterocycles. The van der Waals surface area contributed by atoms with E-state index < -0.39 is 11.8 Å². The summed E-state index contributed by atoms with van der Waals surface area (Å²) in [5.74, 6) is 0.169. The van der Waals surface area contributed by atoms with Crippen LogP contribution in [-0.2, 0) is 9.59 Å². The van der Waals surface area contributed by atoms with Crippen LogP contribution in [0.2, 0.25) is 0 Å². The zero-order valence-electron chi connectivity index (χ0n) is 15.2. The number of nitrogens with one attached hydrogen (secondary N) is 2. The first-order valence-electron chi connectivity index (χ1n) is 7.96. The van der Waals surface area contributed by atoms with Crippen LogP contribution < -0.4 is 24.8 Å². The van der Waals surface area contributed by atoms with Gasteiger partial charge in [0.15, 0.2) is 0 Å². The summed E-state index contributed by atoms with van der Waals surface area (Å²) in [7, 11) is 4.58. The monoisotopic (exact) mass is 358 g/mol. The number of rotatable bonds is 6. The molecule has 0 spiro atoms. The van der Waals surface area contributed by atoms with E-state index in [0.29, 0.717) is 17.2 Å². The topological polar surface area (TPSA) is 85.9 Å². The van der Waals surface area contributed by atoms with E-state index >= 15 is 0 Å². The van der Waals surface area contributed by atoms with Crippen LogP contribution in [0.1, 0.15) is 18.5 Å². The van der Waals surface area contributed by atoms with E-state index in [2.05, 4.69) is 10.6 Å². The molecule has 0 unspecified atom stereocenters. The van der Waals surface area contributed by atoms with Crippen LogP contribution in [0.4, 0.5) is 5.69 Å². The van der Waals surface area contributed by atoms with Crippen LogP contribution in [0.5, 0.6) is 17.2 Å². The molecule has 2 rings (SSSR count). The average molecular weight is 358 g/mol. The smallest absolute Gasteiger partial charge is 0.313 e. The maximum atomic E-state index is 12.2. The molecule has 0 saturated carbocycles. The van der Waals surface area contributed by atoms with Gasteiger partial charge in [-0.15, -0.1) is 0 Å². The lowest BCUT2D eigenvalue weighted by molar-refractivity contribution is -0.136. The van der Waals surface area contributed by atoms with E-state index in [-0.39, 0.29) is 6.04 Å². The standard InChI is InChI=1S/C19H22N2O5/c1-12(13-5-7-14(24-2)8-6-13)20-18(22)19(23)21-16-10-9-15(25-3)11-17(16)26-4/h5-12H,1-4H3,(H,20,22)(H,21,23)/t12-/m0/s1. The summed E-state index contributed by atoms with van der Waals surface area (Å²) >= 11 is 0. The Morgan fingerprint density at radius 1 is 0.846 bits per heavy atom.